The molecule has 0 radical (unpaired) electrons. The standard InChI is InChI=1S/C12H21BrN4O/c1-4-6-14-12-15-9-10(13)11(16-12)17(3)7-8-18-5-2/h9H,4-8H2,1-3H3,(H,14,15,16). The quantitative estimate of drug-likeness (QED) is 0.747. The molecule has 0 atom stereocenters. The molecular formula is C12H21BrN4O. The van der Waals surface area contributed by atoms with Crippen LogP contribution < -0.4 is 10.2 Å². The Bertz CT molecular complexity index is 362. The van der Waals surface area contributed by atoms with Crippen LogP contribution in [0.3, 0.4) is 0 Å². The van der Waals surface area contributed by atoms with E-state index in [0.717, 1.165) is 36.4 Å². The van der Waals surface area contributed by atoms with Gasteiger partial charge >= 0.3 is 0 Å². The van der Waals surface area contributed by atoms with Gasteiger partial charge in [-0.3, -0.25) is 0 Å². The van der Waals surface area contributed by atoms with Gasteiger partial charge in [0.05, 0.1) is 11.1 Å². The van der Waals surface area contributed by atoms with Crippen LogP contribution in [0, 0.1) is 0 Å². The van der Waals surface area contributed by atoms with Crippen molar-refractivity contribution in [1.29, 1.82) is 0 Å². The summed E-state index contributed by atoms with van der Waals surface area (Å²) in [5.74, 6) is 1.54. The van der Waals surface area contributed by atoms with Crippen molar-refractivity contribution >= 4 is 27.7 Å². The molecule has 0 bridgehead atoms. The van der Waals surface area contributed by atoms with E-state index in [9.17, 15) is 0 Å². The normalized spacial score (nSPS) is 10.4. The van der Waals surface area contributed by atoms with Crippen LogP contribution in [0.1, 0.15) is 20.3 Å². The number of ether oxygens (including phenoxy) is 1. The molecule has 0 unspecified atom stereocenters. The first-order valence-electron chi connectivity index (χ1n) is 6.24. The monoisotopic (exact) mass is 316 g/mol. The molecule has 0 spiro atoms. The van der Waals surface area contributed by atoms with Crippen LogP contribution in [-0.4, -0.2) is 43.3 Å². The first-order chi connectivity index (χ1) is 8.69. The highest BCUT2D eigenvalue weighted by atomic mass is 79.9. The second kappa shape index (κ2) is 8.26. The first kappa shape index (κ1) is 15.2. The van der Waals surface area contributed by atoms with Crippen molar-refractivity contribution in [3.8, 4) is 0 Å². The summed E-state index contributed by atoms with van der Waals surface area (Å²) < 4.78 is 6.24. The molecule has 18 heavy (non-hydrogen) atoms. The first-order valence-corrected chi connectivity index (χ1v) is 7.03. The van der Waals surface area contributed by atoms with Crippen LogP contribution >= 0.6 is 15.9 Å². The number of hydrogen-bond acceptors (Lipinski definition) is 5. The van der Waals surface area contributed by atoms with E-state index < -0.39 is 0 Å². The van der Waals surface area contributed by atoms with Gasteiger partial charge in [-0.2, -0.15) is 4.98 Å². The summed E-state index contributed by atoms with van der Waals surface area (Å²) in [4.78, 5) is 10.8. The molecule has 1 aromatic heterocycles. The summed E-state index contributed by atoms with van der Waals surface area (Å²) in [5, 5.41) is 3.18. The largest absolute Gasteiger partial charge is 0.380 e. The van der Waals surface area contributed by atoms with Gasteiger partial charge in [-0.1, -0.05) is 6.92 Å². The number of hydrogen-bond donors (Lipinski definition) is 1. The average molecular weight is 317 g/mol. The molecule has 0 aliphatic carbocycles. The number of likely N-dealkylation sites (N-methyl/N-ethyl adjacent to an activating group) is 1. The Labute approximate surface area is 117 Å². The molecule has 0 saturated heterocycles. The molecule has 5 nitrogen and oxygen atoms in total. The number of aromatic nitrogens is 2. The van der Waals surface area contributed by atoms with Gasteiger partial charge in [-0.25, -0.2) is 4.98 Å². The minimum Gasteiger partial charge on any atom is -0.380 e. The maximum Gasteiger partial charge on any atom is 0.224 e. The maximum atomic E-state index is 5.34. The summed E-state index contributed by atoms with van der Waals surface area (Å²) >= 11 is 3.47. The average Bonchev–Trinajstić information content (AvgIpc) is 2.38. The van der Waals surface area contributed by atoms with Crippen LogP contribution in [0.15, 0.2) is 10.7 Å². The van der Waals surface area contributed by atoms with E-state index >= 15 is 0 Å². The lowest BCUT2D eigenvalue weighted by Gasteiger charge is -2.19. The van der Waals surface area contributed by atoms with Crippen LogP contribution in [-0.2, 0) is 4.74 Å². The van der Waals surface area contributed by atoms with Crippen molar-refractivity contribution in [2.24, 2.45) is 0 Å². The molecule has 0 aliphatic heterocycles. The molecule has 1 N–H and O–H groups in total. The molecular weight excluding hydrogens is 296 g/mol. The zero-order valence-electron chi connectivity index (χ0n) is 11.2. The van der Waals surface area contributed by atoms with Gasteiger partial charge < -0.3 is 15.0 Å². The zero-order chi connectivity index (χ0) is 13.4. The zero-order valence-corrected chi connectivity index (χ0v) is 12.8. The molecule has 1 rings (SSSR count). The number of nitrogens with zero attached hydrogens (tertiary/aromatic N) is 3. The minimum atomic E-state index is 0.665. The summed E-state index contributed by atoms with van der Waals surface area (Å²) in [6.45, 7) is 7.22. The Morgan fingerprint density at radius 2 is 2.22 bits per heavy atom. The second-order valence-corrected chi connectivity index (χ2v) is 4.76. The fraction of sp³-hybridized carbons (Fsp3) is 0.667. The SMILES string of the molecule is CCCNc1ncc(Br)c(N(C)CCOCC)n1. The molecule has 6 heteroatoms. The van der Waals surface area contributed by atoms with Crippen molar-refractivity contribution in [1.82, 2.24) is 9.97 Å². The third-order valence-corrected chi connectivity index (χ3v) is 2.95. The highest BCUT2D eigenvalue weighted by Gasteiger charge is 2.09. The van der Waals surface area contributed by atoms with E-state index in [-0.39, 0.29) is 0 Å². The highest BCUT2D eigenvalue weighted by molar-refractivity contribution is 9.10. The number of halogens is 1. The molecule has 0 aliphatic rings. The third-order valence-electron chi connectivity index (χ3n) is 2.40. The summed E-state index contributed by atoms with van der Waals surface area (Å²) in [7, 11) is 2.00. The molecule has 1 aromatic rings. The van der Waals surface area contributed by atoms with Gasteiger partial charge in [0.2, 0.25) is 5.95 Å². The third kappa shape index (κ3) is 4.78. The fourth-order valence-corrected chi connectivity index (χ4v) is 1.89. The summed E-state index contributed by atoms with van der Waals surface area (Å²) in [6.07, 6.45) is 2.83. The van der Waals surface area contributed by atoms with Gasteiger partial charge in [0.1, 0.15) is 5.82 Å². The molecule has 0 aromatic carbocycles. The molecule has 0 fully saturated rings. The lowest BCUT2D eigenvalue weighted by Crippen LogP contribution is -2.24. The van der Waals surface area contributed by atoms with E-state index in [1.807, 2.05) is 14.0 Å². The van der Waals surface area contributed by atoms with E-state index in [4.69, 9.17) is 4.74 Å². The van der Waals surface area contributed by atoms with Gasteiger partial charge in [0.15, 0.2) is 0 Å². The predicted molar refractivity (Wildman–Crippen MR) is 78.3 cm³/mol. The minimum absolute atomic E-state index is 0.665. The smallest absolute Gasteiger partial charge is 0.224 e. The Morgan fingerprint density at radius 3 is 2.89 bits per heavy atom. The van der Waals surface area contributed by atoms with Crippen molar-refractivity contribution in [3.63, 3.8) is 0 Å². The van der Waals surface area contributed by atoms with Gasteiger partial charge in [0, 0.05) is 32.9 Å². The van der Waals surface area contributed by atoms with Crippen LogP contribution in [0.25, 0.3) is 0 Å². The molecule has 1 heterocycles. The van der Waals surface area contributed by atoms with E-state index in [0.29, 0.717) is 12.6 Å². The Hall–Kier alpha value is -0.880. The van der Waals surface area contributed by atoms with Crippen molar-refractivity contribution in [2.75, 3.05) is 43.6 Å². The Balaban J connectivity index is 2.66. The van der Waals surface area contributed by atoms with Crippen molar-refractivity contribution in [3.05, 3.63) is 10.7 Å². The molecule has 0 amide bonds. The number of rotatable bonds is 8. The van der Waals surface area contributed by atoms with Gasteiger partial charge in [0.25, 0.3) is 0 Å². The number of nitrogens with one attached hydrogen (secondary N) is 1. The van der Waals surface area contributed by atoms with Crippen molar-refractivity contribution in [2.45, 2.75) is 20.3 Å². The van der Waals surface area contributed by atoms with E-state index in [2.05, 4.69) is 43.0 Å². The second-order valence-electron chi connectivity index (χ2n) is 3.91. The summed E-state index contributed by atoms with van der Waals surface area (Å²) in [5.41, 5.74) is 0. The van der Waals surface area contributed by atoms with Crippen molar-refractivity contribution < 1.29 is 4.74 Å². The number of anilines is 2. The Morgan fingerprint density at radius 1 is 1.44 bits per heavy atom. The van der Waals surface area contributed by atoms with E-state index in [1.165, 1.54) is 0 Å². The lowest BCUT2D eigenvalue weighted by atomic mass is 10.4. The highest BCUT2D eigenvalue weighted by Crippen LogP contribution is 2.23. The van der Waals surface area contributed by atoms with Crippen LogP contribution in [0.4, 0.5) is 11.8 Å². The van der Waals surface area contributed by atoms with Gasteiger partial charge in [-0.15, -0.1) is 0 Å². The van der Waals surface area contributed by atoms with Gasteiger partial charge in [-0.05, 0) is 29.3 Å². The Kier molecular flexibility index (Phi) is 6.97. The predicted octanol–water partition coefficient (Wildman–Crippen LogP) is 2.53. The van der Waals surface area contributed by atoms with E-state index in [1.54, 1.807) is 6.20 Å². The molecule has 102 valence electrons. The summed E-state index contributed by atoms with van der Waals surface area (Å²) in [6, 6.07) is 0. The topological polar surface area (TPSA) is 50.3 Å². The molecule has 0 saturated carbocycles. The lowest BCUT2D eigenvalue weighted by molar-refractivity contribution is 0.154. The fourth-order valence-electron chi connectivity index (χ4n) is 1.40. The van der Waals surface area contributed by atoms with Crippen LogP contribution in [0.5, 0.6) is 0 Å². The van der Waals surface area contributed by atoms with Crippen LogP contribution in [0.2, 0.25) is 0 Å². The maximum absolute atomic E-state index is 5.34.